The molecule has 20 heavy (non-hydrogen) atoms. The molecule has 0 saturated heterocycles. The lowest BCUT2D eigenvalue weighted by Gasteiger charge is -1.99. The van der Waals surface area contributed by atoms with Gasteiger partial charge in [0.25, 0.3) is 5.69 Å². The Morgan fingerprint density at radius 3 is 2.75 bits per heavy atom. The Kier molecular flexibility index (Phi) is 4.23. The molecule has 1 aromatic carbocycles. The summed E-state index contributed by atoms with van der Waals surface area (Å²) in [4.78, 5) is 28.3. The number of hydrogen-bond acceptors (Lipinski definition) is 4. The molecule has 1 heterocycles. The fourth-order valence-electron chi connectivity index (χ4n) is 1.50. The Hall–Kier alpha value is -2.96. The molecule has 0 bridgehead atoms. The van der Waals surface area contributed by atoms with E-state index in [2.05, 4.69) is 15.3 Å². The van der Waals surface area contributed by atoms with Crippen LogP contribution in [0, 0.1) is 10.1 Å². The van der Waals surface area contributed by atoms with E-state index in [0.717, 1.165) is 5.69 Å². The van der Waals surface area contributed by atoms with Gasteiger partial charge in [-0.2, -0.15) is 0 Å². The van der Waals surface area contributed by atoms with Crippen molar-refractivity contribution in [3.05, 3.63) is 64.2 Å². The van der Waals surface area contributed by atoms with Crippen molar-refractivity contribution in [3.8, 4) is 0 Å². The predicted molar refractivity (Wildman–Crippen MR) is 72.6 cm³/mol. The Labute approximate surface area is 114 Å². The van der Waals surface area contributed by atoms with E-state index in [1.807, 2.05) is 0 Å². The quantitative estimate of drug-likeness (QED) is 0.491. The van der Waals surface area contributed by atoms with Gasteiger partial charge in [0, 0.05) is 24.4 Å². The molecule has 0 aliphatic carbocycles. The smallest absolute Gasteiger partial charge is 0.269 e. The maximum atomic E-state index is 11.5. The van der Waals surface area contributed by atoms with Gasteiger partial charge in [-0.25, -0.2) is 4.98 Å². The molecular weight excluding hydrogens is 260 g/mol. The average Bonchev–Trinajstić information content (AvgIpc) is 2.96. The number of carbonyl (C=O) groups is 1. The van der Waals surface area contributed by atoms with E-state index >= 15 is 0 Å². The third kappa shape index (κ3) is 3.77. The van der Waals surface area contributed by atoms with Crippen LogP contribution in [-0.2, 0) is 11.3 Å². The second-order valence-corrected chi connectivity index (χ2v) is 3.98. The summed E-state index contributed by atoms with van der Waals surface area (Å²) >= 11 is 0. The van der Waals surface area contributed by atoms with E-state index in [4.69, 9.17) is 0 Å². The minimum atomic E-state index is -0.468. The zero-order valence-corrected chi connectivity index (χ0v) is 10.4. The van der Waals surface area contributed by atoms with Crippen LogP contribution >= 0.6 is 0 Å². The highest BCUT2D eigenvalue weighted by Crippen LogP contribution is 2.12. The van der Waals surface area contributed by atoms with Crippen molar-refractivity contribution in [1.29, 1.82) is 0 Å². The summed E-state index contributed by atoms with van der Waals surface area (Å²) in [6, 6.07) is 5.94. The zero-order valence-electron chi connectivity index (χ0n) is 10.4. The van der Waals surface area contributed by atoms with Crippen molar-refractivity contribution in [2.45, 2.75) is 6.54 Å². The van der Waals surface area contributed by atoms with Crippen LogP contribution in [0.25, 0.3) is 6.08 Å². The summed E-state index contributed by atoms with van der Waals surface area (Å²) in [6.45, 7) is 0.365. The summed E-state index contributed by atoms with van der Waals surface area (Å²) < 4.78 is 0. The van der Waals surface area contributed by atoms with E-state index in [0.29, 0.717) is 12.1 Å². The van der Waals surface area contributed by atoms with Gasteiger partial charge in [0.05, 0.1) is 23.5 Å². The zero-order chi connectivity index (χ0) is 14.4. The molecular formula is C13H12N4O3. The first-order valence-electron chi connectivity index (χ1n) is 5.83. The highest BCUT2D eigenvalue weighted by atomic mass is 16.6. The van der Waals surface area contributed by atoms with E-state index < -0.39 is 4.92 Å². The van der Waals surface area contributed by atoms with Gasteiger partial charge in [0.2, 0.25) is 5.91 Å². The minimum absolute atomic E-state index is 0.0193. The number of carbonyl (C=O) groups excluding carboxylic acids is 1. The largest absolute Gasteiger partial charge is 0.347 e. The predicted octanol–water partition coefficient (Wildman–Crippen LogP) is 1.65. The number of rotatable bonds is 5. The number of aromatic nitrogens is 2. The Balaban J connectivity index is 1.88. The number of nitrogens with zero attached hydrogens (tertiary/aromatic N) is 2. The third-order valence-electron chi connectivity index (χ3n) is 2.54. The lowest BCUT2D eigenvalue weighted by atomic mass is 10.2. The van der Waals surface area contributed by atoms with Crippen molar-refractivity contribution in [1.82, 2.24) is 15.3 Å². The molecule has 0 unspecified atom stereocenters. The van der Waals surface area contributed by atoms with Crippen molar-refractivity contribution in [3.63, 3.8) is 0 Å². The van der Waals surface area contributed by atoms with Gasteiger partial charge in [-0.15, -0.1) is 0 Å². The molecule has 0 spiro atoms. The van der Waals surface area contributed by atoms with Crippen LogP contribution in [0.2, 0.25) is 0 Å². The molecule has 2 rings (SSSR count). The second-order valence-electron chi connectivity index (χ2n) is 3.98. The topological polar surface area (TPSA) is 101 Å². The molecule has 1 amide bonds. The van der Waals surface area contributed by atoms with Crippen LogP contribution in [0.15, 0.2) is 42.9 Å². The number of benzene rings is 1. The molecule has 102 valence electrons. The van der Waals surface area contributed by atoms with E-state index in [-0.39, 0.29) is 11.6 Å². The van der Waals surface area contributed by atoms with E-state index in [9.17, 15) is 14.9 Å². The first-order chi connectivity index (χ1) is 9.65. The first kappa shape index (κ1) is 13.5. The van der Waals surface area contributed by atoms with Gasteiger partial charge in [0.1, 0.15) is 0 Å². The Morgan fingerprint density at radius 1 is 1.40 bits per heavy atom. The van der Waals surface area contributed by atoms with Crippen molar-refractivity contribution in [2.24, 2.45) is 0 Å². The van der Waals surface area contributed by atoms with E-state index in [1.165, 1.54) is 24.5 Å². The number of hydrogen-bond donors (Lipinski definition) is 2. The average molecular weight is 272 g/mol. The van der Waals surface area contributed by atoms with Crippen LogP contribution in [-0.4, -0.2) is 20.8 Å². The number of non-ortho nitro benzene ring substituents is 1. The Bertz CT molecular complexity index is 618. The highest BCUT2D eigenvalue weighted by Gasteiger charge is 2.02. The van der Waals surface area contributed by atoms with Crippen LogP contribution in [0.5, 0.6) is 0 Å². The van der Waals surface area contributed by atoms with Crippen LogP contribution in [0.3, 0.4) is 0 Å². The molecule has 2 N–H and O–H groups in total. The molecule has 0 aliphatic rings. The maximum Gasteiger partial charge on any atom is 0.269 e. The Morgan fingerprint density at radius 2 is 2.15 bits per heavy atom. The molecule has 0 atom stereocenters. The van der Waals surface area contributed by atoms with Gasteiger partial charge in [-0.3, -0.25) is 14.9 Å². The number of nitro groups is 1. The van der Waals surface area contributed by atoms with Crippen molar-refractivity contribution in [2.75, 3.05) is 0 Å². The van der Waals surface area contributed by atoms with Gasteiger partial charge >= 0.3 is 0 Å². The SMILES string of the molecule is O=C(C=Cc1ccc([N+](=O)[O-])cc1)NCc1cnc[nH]1. The molecule has 0 fully saturated rings. The lowest BCUT2D eigenvalue weighted by molar-refractivity contribution is -0.384. The summed E-state index contributed by atoms with van der Waals surface area (Å²) in [5.41, 5.74) is 1.54. The number of amides is 1. The summed E-state index contributed by atoms with van der Waals surface area (Å²) in [7, 11) is 0. The fourth-order valence-corrected chi connectivity index (χ4v) is 1.50. The number of aromatic amines is 1. The van der Waals surface area contributed by atoms with Gasteiger partial charge < -0.3 is 10.3 Å². The summed E-state index contributed by atoms with van der Waals surface area (Å²) in [5, 5.41) is 13.2. The molecule has 2 aromatic rings. The minimum Gasteiger partial charge on any atom is -0.347 e. The number of nitro benzene ring substituents is 1. The van der Waals surface area contributed by atoms with Crippen LogP contribution < -0.4 is 5.32 Å². The van der Waals surface area contributed by atoms with Gasteiger partial charge in [-0.05, 0) is 23.8 Å². The van der Waals surface area contributed by atoms with Gasteiger partial charge in [-0.1, -0.05) is 0 Å². The molecule has 0 saturated carbocycles. The number of H-pyrrole nitrogens is 1. The van der Waals surface area contributed by atoms with Crippen LogP contribution in [0.4, 0.5) is 5.69 Å². The number of nitrogens with one attached hydrogen (secondary N) is 2. The highest BCUT2D eigenvalue weighted by molar-refractivity contribution is 5.91. The molecule has 7 nitrogen and oxygen atoms in total. The fraction of sp³-hybridized carbons (Fsp3) is 0.0769. The van der Waals surface area contributed by atoms with Gasteiger partial charge in [0.15, 0.2) is 0 Å². The lowest BCUT2D eigenvalue weighted by Crippen LogP contribution is -2.20. The summed E-state index contributed by atoms with van der Waals surface area (Å²) in [6.07, 6.45) is 6.12. The van der Waals surface area contributed by atoms with E-state index in [1.54, 1.807) is 24.4 Å². The second kappa shape index (κ2) is 6.28. The third-order valence-corrected chi connectivity index (χ3v) is 2.54. The standard InChI is InChI=1S/C13H12N4O3/c18-13(15-8-11-7-14-9-16-11)6-3-10-1-4-12(5-2-10)17(19)20/h1-7,9H,8H2,(H,14,16)(H,15,18). The van der Waals surface area contributed by atoms with Crippen molar-refractivity contribution < 1.29 is 9.72 Å². The molecule has 0 aliphatic heterocycles. The number of imidazole rings is 1. The first-order valence-corrected chi connectivity index (χ1v) is 5.83. The van der Waals surface area contributed by atoms with Crippen LogP contribution in [0.1, 0.15) is 11.3 Å². The summed E-state index contributed by atoms with van der Waals surface area (Å²) in [5.74, 6) is -0.252. The monoisotopic (exact) mass is 272 g/mol. The molecule has 7 heteroatoms. The normalized spacial score (nSPS) is 10.6. The maximum absolute atomic E-state index is 11.5. The molecule has 1 aromatic heterocycles. The molecule has 0 radical (unpaired) electrons. The van der Waals surface area contributed by atoms with Crippen molar-refractivity contribution >= 4 is 17.7 Å².